The van der Waals surface area contributed by atoms with Gasteiger partial charge in [-0.1, -0.05) is 24.3 Å². The average molecular weight is 305 g/mol. The van der Waals surface area contributed by atoms with Gasteiger partial charge < -0.3 is 10.5 Å². The molecular formula is C18H15N3O2. The van der Waals surface area contributed by atoms with Crippen LogP contribution in [-0.2, 0) is 6.54 Å². The van der Waals surface area contributed by atoms with Gasteiger partial charge in [0.15, 0.2) is 6.20 Å². The SMILES string of the molecule is O=C(NCc1cccc(-c2cccnc2)c1)c1cccc[n+]1[O-]. The number of hydrogen-bond acceptors (Lipinski definition) is 3. The van der Waals surface area contributed by atoms with Gasteiger partial charge in [-0.05, 0) is 34.9 Å². The minimum absolute atomic E-state index is 0.0795. The lowest BCUT2D eigenvalue weighted by Gasteiger charge is -2.07. The first-order valence-corrected chi connectivity index (χ1v) is 7.20. The molecule has 23 heavy (non-hydrogen) atoms. The fourth-order valence-electron chi connectivity index (χ4n) is 2.27. The number of amides is 1. The number of aromatic nitrogens is 2. The van der Waals surface area contributed by atoms with Crippen LogP contribution in [0.1, 0.15) is 16.1 Å². The third-order valence-corrected chi connectivity index (χ3v) is 3.43. The minimum Gasteiger partial charge on any atom is -0.618 e. The number of rotatable bonds is 4. The van der Waals surface area contributed by atoms with E-state index in [1.807, 2.05) is 36.4 Å². The highest BCUT2D eigenvalue weighted by atomic mass is 16.5. The Labute approximate surface area is 133 Å². The molecule has 114 valence electrons. The van der Waals surface area contributed by atoms with E-state index in [4.69, 9.17) is 0 Å². The molecule has 3 aromatic rings. The summed E-state index contributed by atoms with van der Waals surface area (Å²) in [5.41, 5.74) is 3.08. The Bertz CT molecular complexity index is 819. The van der Waals surface area contributed by atoms with Gasteiger partial charge in [0.05, 0.1) is 0 Å². The molecule has 0 fully saturated rings. The number of carbonyl (C=O) groups is 1. The van der Waals surface area contributed by atoms with Crippen molar-refractivity contribution in [2.45, 2.75) is 6.54 Å². The van der Waals surface area contributed by atoms with Crippen molar-refractivity contribution < 1.29 is 9.52 Å². The van der Waals surface area contributed by atoms with Crippen LogP contribution in [0, 0.1) is 5.21 Å². The molecule has 0 spiro atoms. The standard InChI is InChI=1S/C18H15N3O2/c22-18(17-8-1-2-10-21(17)23)20-12-14-5-3-6-15(11-14)16-7-4-9-19-13-16/h1-11,13H,12H2,(H,20,22). The molecular weight excluding hydrogens is 290 g/mol. The van der Waals surface area contributed by atoms with E-state index < -0.39 is 5.91 Å². The van der Waals surface area contributed by atoms with Gasteiger partial charge >= 0.3 is 5.91 Å². The maximum Gasteiger partial charge on any atom is 0.317 e. The van der Waals surface area contributed by atoms with E-state index in [9.17, 15) is 10.0 Å². The van der Waals surface area contributed by atoms with Gasteiger partial charge in [-0.2, -0.15) is 4.73 Å². The predicted octanol–water partition coefficient (Wildman–Crippen LogP) is 2.31. The molecule has 0 atom stereocenters. The summed E-state index contributed by atoms with van der Waals surface area (Å²) in [6, 6.07) is 16.4. The molecule has 0 aliphatic heterocycles. The van der Waals surface area contributed by atoms with Crippen LogP contribution in [-0.4, -0.2) is 10.9 Å². The van der Waals surface area contributed by atoms with Crippen molar-refractivity contribution in [2.75, 3.05) is 0 Å². The van der Waals surface area contributed by atoms with Crippen LogP contribution < -0.4 is 10.0 Å². The third kappa shape index (κ3) is 3.52. The fraction of sp³-hybridized carbons (Fsp3) is 0.0556. The van der Waals surface area contributed by atoms with Crippen LogP contribution in [0.5, 0.6) is 0 Å². The molecule has 5 nitrogen and oxygen atoms in total. The Morgan fingerprint density at radius 2 is 1.96 bits per heavy atom. The Morgan fingerprint density at radius 1 is 1.09 bits per heavy atom. The van der Waals surface area contributed by atoms with Crippen LogP contribution >= 0.6 is 0 Å². The van der Waals surface area contributed by atoms with Crippen molar-refractivity contribution in [3.63, 3.8) is 0 Å². The molecule has 2 heterocycles. The third-order valence-electron chi connectivity index (χ3n) is 3.43. The minimum atomic E-state index is -0.396. The van der Waals surface area contributed by atoms with Crippen LogP contribution in [0.15, 0.2) is 73.2 Å². The van der Waals surface area contributed by atoms with Gasteiger partial charge in [0, 0.05) is 31.1 Å². The number of hydrogen-bond donors (Lipinski definition) is 1. The number of nitrogens with one attached hydrogen (secondary N) is 1. The van der Waals surface area contributed by atoms with Gasteiger partial charge in [-0.3, -0.25) is 9.78 Å². The van der Waals surface area contributed by atoms with Crippen LogP contribution in [0.25, 0.3) is 11.1 Å². The molecule has 0 unspecified atom stereocenters. The second-order valence-corrected chi connectivity index (χ2v) is 5.04. The van der Waals surface area contributed by atoms with Gasteiger partial charge in [0.2, 0.25) is 0 Å². The second-order valence-electron chi connectivity index (χ2n) is 5.04. The summed E-state index contributed by atoms with van der Waals surface area (Å²) in [4.78, 5) is 16.2. The Kier molecular flexibility index (Phi) is 4.29. The molecule has 0 aliphatic rings. The number of carbonyl (C=O) groups excluding carboxylic acids is 1. The topological polar surface area (TPSA) is 68.9 Å². The van der Waals surface area contributed by atoms with E-state index in [0.29, 0.717) is 11.3 Å². The van der Waals surface area contributed by atoms with Crippen LogP contribution in [0.2, 0.25) is 0 Å². The maximum absolute atomic E-state index is 12.1. The highest BCUT2D eigenvalue weighted by molar-refractivity contribution is 5.90. The molecule has 3 rings (SSSR count). The summed E-state index contributed by atoms with van der Waals surface area (Å²) >= 11 is 0. The van der Waals surface area contributed by atoms with Gasteiger partial charge in [0.25, 0.3) is 5.69 Å². The normalized spacial score (nSPS) is 10.3. The van der Waals surface area contributed by atoms with Gasteiger partial charge in [-0.25, -0.2) is 0 Å². The number of pyridine rings is 2. The molecule has 2 aromatic heterocycles. The highest BCUT2D eigenvalue weighted by Crippen LogP contribution is 2.19. The molecule has 0 saturated carbocycles. The molecule has 1 aromatic carbocycles. The zero-order chi connectivity index (χ0) is 16.1. The first-order chi connectivity index (χ1) is 11.2. The second kappa shape index (κ2) is 6.70. The summed E-state index contributed by atoms with van der Waals surface area (Å²) < 4.78 is 0.557. The molecule has 1 N–H and O–H groups in total. The van der Waals surface area contributed by atoms with Crippen molar-refractivity contribution in [3.05, 3.63) is 89.7 Å². The zero-order valence-electron chi connectivity index (χ0n) is 12.3. The molecule has 0 saturated heterocycles. The van der Waals surface area contributed by atoms with Crippen LogP contribution in [0.4, 0.5) is 0 Å². The smallest absolute Gasteiger partial charge is 0.317 e. The molecule has 1 amide bonds. The lowest BCUT2D eigenvalue weighted by atomic mass is 10.0. The Morgan fingerprint density at radius 3 is 2.74 bits per heavy atom. The van der Waals surface area contributed by atoms with Crippen molar-refractivity contribution in [1.29, 1.82) is 0 Å². The van der Waals surface area contributed by atoms with Crippen molar-refractivity contribution >= 4 is 5.91 Å². The number of benzene rings is 1. The van der Waals surface area contributed by atoms with E-state index >= 15 is 0 Å². The largest absolute Gasteiger partial charge is 0.618 e. The molecule has 0 radical (unpaired) electrons. The monoisotopic (exact) mass is 305 g/mol. The maximum atomic E-state index is 12.1. The molecule has 0 aliphatic carbocycles. The fourth-order valence-corrected chi connectivity index (χ4v) is 2.27. The first kappa shape index (κ1) is 14.7. The predicted molar refractivity (Wildman–Crippen MR) is 86.2 cm³/mol. The van der Waals surface area contributed by atoms with Gasteiger partial charge in [0.1, 0.15) is 0 Å². The summed E-state index contributed by atoms with van der Waals surface area (Å²) in [7, 11) is 0. The van der Waals surface area contributed by atoms with E-state index in [1.165, 1.54) is 12.3 Å². The summed E-state index contributed by atoms with van der Waals surface area (Å²) in [6.45, 7) is 0.349. The Balaban J connectivity index is 1.72. The summed E-state index contributed by atoms with van der Waals surface area (Å²) in [5, 5.41) is 14.3. The number of nitrogens with zero attached hydrogens (tertiary/aromatic N) is 2. The lowest BCUT2D eigenvalue weighted by molar-refractivity contribution is -0.607. The van der Waals surface area contributed by atoms with Crippen molar-refractivity contribution in [3.8, 4) is 11.1 Å². The highest BCUT2D eigenvalue weighted by Gasteiger charge is 2.14. The quantitative estimate of drug-likeness (QED) is 0.594. The van der Waals surface area contributed by atoms with E-state index in [-0.39, 0.29) is 5.69 Å². The first-order valence-electron chi connectivity index (χ1n) is 7.20. The molecule has 0 bridgehead atoms. The average Bonchev–Trinajstić information content (AvgIpc) is 2.61. The van der Waals surface area contributed by atoms with Crippen molar-refractivity contribution in [1.82, 2.24) is 10.3 Å². The summed E-state index contributed by atoms with van der Waals surface area (Å²) in [5.74, 6) is -0.396. The molecule has 5 heteroatoms. The van der Waals surface area contributed by atoms with E-state index in [2.05, 4.69) is 10.3 Å². The van der Waals surface area contributed by atoms with Crippen LogP contribution in [0.3, 0.4) is 0 Å². The Hall–Kier alpha value is -3.21. The zero-order valence-corrected chi connectivity index (χ0v) is 12.3. The van der Waals surface area contributed by atoms with Gasteiger partial charge in [-0.15, -0.1) is 0 Å². The van der Waals surface area contributed by atoms with E-state index in [1.54, 1.807) is 24.5 Å². The van der Waals surface area contributed by atoms with Crippen molar-refractivity contribution in [2.24, 2.45) is 0 Å². The van der Waals surface area contributed by atoms with E-state index in [0.717, 1.165) is 16.7 Å². The lowest BCUT2D eigenvalue weighted by Crippen LogP contribution is -2.38. The summed E-state index contributed by atoms with van der Waals surface area (Å²) in [6.07, 6.45) is 4.82.